The van der Waals surface area contributed by atoms with E-state index < -0.39 is 0 Å². The maximum atomic E-state index is 3.52. The first-order valence-electron chi connectivity index (χ1n) is 3.88. The highest BCUT2D eigenvalue weighted by Crippen LogP contribution is 2.34. The van der Waals surface area contributed by atoms with Crippen LogP contribution in [0.4, 0.5) is 0 Å². The number of halogens is 2. The summed E-state index contributed by atoms with van der Waals surface area (Å²) in [5.74, 6) is 0. The zero-order valence-electron chi connectivity index (χ0n) is 6.48. The highest BCUT2D eigenvalue weighted by atomic mass is 79.9. The molecule has 1 aromatic rings. The minimum Gasteiger partial charge on any atom is -0.309 e. The van der Waals surface area contributed by atoms with Gasteiger partial charge in [-0.05, 0) is 16.7 Å². The van der Waals surface area contributed by atoms with Crippen LogP contribution >= 0.6 is 31.9 Å². The van der Waals surface area contributed by atoms with Crippen LogP contribution in [-0.4, -0.2) is 0 Å². The van der Waals surface area contributed by atoms with E-state index in [-0.39, 0.29) is 3.74 Å². The van der Waals surface area contributed by atoms with Crippen molar-refractivity contribution in [3.63, 3.8) is 0 Å². The Morgan fingerprint density at radius 2 is 2.08 bits per heavy atom. The van der Waals surface area contributed by atoms with Crippen molar-refractivity contribution < 1.29 is 0 Å². The summed E-state index contributed by atoms with van der Waals surface area (Å²) >= 11 is 7.05. The zero-order valence-corrected chi connectivity index (χ0v) is 9.65. The van der Waals surface area contributed by atoms with Crippen LogP contribution in [0.3, 0.4) is 0 Å². The Morgan fingerprint density at radius 1 is 1.25 bits per heavy atom. The Bertz CT molecular complexity index is 297. The van der Waals surface area contributed by atoms with Crippen LogP contribution in [0.1, 0.15) is 20.4 Å². The molecular weight excluding hydrogens is 282 g/mol. The highest BCUT2D eigenvalue weighted by molar-refractivity contribution is 9.24. The first-order valence-corrected chi connectivity index (χ1v) is 5.71. The lowest BCUT2D eigenvalue weighted by Gasteiger charge is -2.07. The largest absolute Gasteiger partial charge is 0.309 e. The Morgan fingerprint density at radius 3 is 2.83 bits per heavy atom. The minimum absolute atomic E-state index is 0.278. The first kappa shape index (κ1) is 8.73. The summed E-state index contributed by atoms with van der Waals surface area (Å²) in [4.78, 5) is 0. The van der Waals surface area contributed by atoms with Gasteiger partial charge in [0.2, 0.25) is 0 Å². The number of nitrogens with one attached hydrogen (secondary N) is 1. The van der Waals surface area contributed by atoms with Crippen LogP contribution in [0.25, 0.3) is 0 Å². The number of fused-ring (bicyclic) bond motifs is 1. The van der Waals surface area contributed by atoms with E-state index in [1.807, 2.05) is 0 Å². The van der Waals surface area contributed by atoms with Crippen molar-refractivity contribution in [2.24, 2.45) is 0 Å². The summed E-state index contributed by atoms with van der Waals surface area (Å²) in [6, 6.07) is 6.44. The molecule has 0 fully saturated rings. The molecule has 1 N–H and O–H groups in total. The third-order valence-corrected chi connectivity index (χ3v) is 3.15. The molecule has 1 aromatic carbocycles. The van der Waals surface area contributed by atoms with Crippen molar-refractivity contribution in [3.05, 3.63) is 34.9 Å². The average molecular weight is 291 g/mol. The highest BCUT2D eigenvalue weighted by Gasteiger charge is 2.16. The summed E-state index contributed by atoms with van der Waals surface area (Å²) in [5, 5.41) is 3.34. The van der Waals surface area contributed by atoms with Crippen LogP contribution in [0.5, 0.6) is 0 Å². The summed E-state index contributed by atoms with van der Waals surface area (Å²) in [6.07, 6.45) is 0. The molecule has 2 rings (SSSR count). The molecule has 0 bridgehead atoms. The smallest absolute Gasteiger partial charge is 0.0949 e. The molecule has 0 unspecified atom stereocenters. The van der Waals surface area contributed by atoms with Crippen LogP contribution in [0.2, 0.25) is 0 Å². The topological polar surface area (TPSA) is 12.0 Å². The first-order chi connectivity index (χ1) is 5.79. The minimum atomic E-state index is 0.278. The maximum Gasteiger partial charge on any atom is 0.0949 e. The number of hydrogen-bond acceptors (Lipinski definition) is 1. The van der Waals surface area contributed by atoms with E-state index in [1.54, 1.807) is 0 Å². The zero-order chi connectivity index (χ0) is 8.55. The van der Waals surface area contributed by atoms with Crippen molar-refractivity contribution in [1.82, 2.24) is 5.32 Å². The molecule has 0 aliphatic carbocycles. The van der Waals surface area contributed by atoms with Gasteiger partial charge in [0, 0.05) is 13.1 Å². The molecular formula is C9H9Br2N. The molecule has 12 heavy (non-hydrogen) atoms. The molecule has 0 saturated carbocycles. The second-order valence-electron chi connectivity index (χ2n) is 2.89. The van der Waals surface area contributed by atoms with Crippen LogP contribution < -0.4 is 5.32 Å². The predicted octanol–water partition coefficient (Wildman–Crippen LogP) is 3.08. The number of benzene rings is 1. The lowest BCUT2D eigenvalue weighted by atomic mass is 10.1. The fourth-order valence-electron chi connectivity index (χ4n) is 1.56. The Labute approximate surface area is 88.8 Å². The van der Waals surface area contributed by atoms with Gasteiger partial charge in [-0.3, -0.25) is 0 Å². The van der Waals surface area contributed by atoms with E-state index in [4.69, 9.17) is 0 Å². The van der Waals surface area contributed by atoms with E-state index in [9.17, 15) is 0 Å². The van der Waals surface area contributed by atoms with E-state index >= 15 is 0 Å². The molecule has 3 heteroatoms. The molecule has 0 saturated heterocycles. The van der Waals surface area contributed by atoms with E-state index in [1.165, 1.54) is 16.7 Å². The Kier molecular flexibility index (Phi) is 2.53. The average Bonchev–Trinajstić information content (AvgIpc) is 2.49. The van der Waals surface area contributed by atoms with Crippen LogP contribution in [0, 0.1) is 0 Å². The van der Waals surface area contributed by atoms with Crippen molar-refractivity contribution >= 4 is 31.9 Å². The third kappa shape index (κ3) is 1.45. The summed E-state index contributed by atoms with van der Waals surface area (Å²) in [6.45, 7) is 2.01. The van der Waals surface area contributed by atoms with E-state index in [2.05, 4.69) is 55.4 Å². The number of alkyl halides is 2. The monoisotopic (exact) mass is 289 g/mol. The van der Waals surface area contributed by atoms with Gasteiger partial charge in [0.1, 0.15) is 0 Å². The summed E-state index contributed by atoms with van der Waals surface area (Å²) in [5.41, 5.74) is 4.21. The molecule has 0 atom stereocenters. The fourth-order valence-corrected chi connectivity index (χ4v) is 2.42. The van der Waals surface area contributed by atoms with Gasteiger partial charge in [0.25, 0.3) is 0 Å². The molecule has 1 heterocycles. The van der Waals surface area contributed by atoms with Gasteiger partial charge in [-0.25, -0.2) is 0 Å². The molecule has 0 radical (unpaired) electrons. The molecule has 64 valence electrons. The van der Waals surface area contributed by atoms with E-state index in [0.717, 1.165) is 13.1 Å². The van der Waals surface area contributed by atoms with Crippen molar-refractivity contribution in [2.75, 3.05) is 0 Å². The maximum absolute atomic E-state index is 3.52. The van der Waals surface area contributed by atoms with Gasteiger partial charge in [-0.2, -0.15) is 0 Å². The third-order valence-electron chi connectivity index (χ3n) is 2.16. The summed E-state index contributed by atoms with van der Waals surface area (Å²) in [7, 11) is 0. The molecule has 0 aromatic heterocycles. The van der Waals surface area contributed by atoms with Gasteiger partial charge >= 0.3 is 0 Å². The van der Waals surface area contributed by atoms with Crippen molar-refractivity contribution in [3.8, 4) is 0 Å². The SMILES string of the molecule is BrC(Br)c1cccc2c1CNC2. The molecule has 0 amide bonds. The number of rotatable bonds is 1. The van der Waals surface area contributed by atoms with Gasteiger partial charge < -0.3 is 5.32 Å². The Hall–Kier alpha value is 0.140. The van der Waals surface area contributed by atoms with E-state index in [0.29, 0.717) is 0 Å². The predicted molar refractivity (Wildman–Crippen MR) is 57.6 cm³/mol. The van der Waals surface area contributed by atoms with Crippen molar-refractivity contribution in [2.45, 2.75) is 16.8 Å². The molecule has 1 aliphatic rings. The fraction of sp³-hybridized carbons (Fsp3) is 0.333. The van der Waals surface area contributed by atoms with Gasteiger partial charge in [0.05, 0.1) is 3.74 Å². The van der Waals surface area contributed by atoms with Crippen LogP contribution in [0.15, 0.2) is 18.2 Å². The second kappa shape index (κ2) is 3.48. The number of hydrogen-bond donors (Lipinski definition) is 1. The molecule has 1 nitrogen and oxygen atoms in total. The lowest BCUT2D eigenvalue weighted by Crippen LogP contribution is -2.00. The standard InChI is InChI=1S/C9H9Br2N/c10-9(11)7-3-1-2-6-4-12-5-8(6)7/h1-3,9,12H,4-5H2. The van der Waals surface area contributed by atoms with Gasteiger partial charge in [-0.15, -0.1) is 0 Å². The van der Waals surface area contributed by atoms with Crippen molar-refractivity contribution in [1.29, 1.82) is 0 Å². The molecule has 0 spiro atoms. The normalized spacial score (nSPS) is 15.2. The van der Waals surface area contributed by atoms with Gasteiger partial charge in [-0.1, -0.05) is 50.1 Å². The second-order valence-corrected chi connectivity index (χ2v) is 5.95. The quantitative estimate of drug-likeness (QED) is 0.784. The van der Waals surface area contributed by atoms with Gasteiger partial charge in [0.15, 0.2) is 0 Å². The van der Waals surface area contributed by atoms with Crippen LogP contribution in [-0.2, 0) is 13.1 Å². The lowest BCUT2D eigenvalue weighted by molar-refractivity contribution is 0.763. The molecule has 1 aliphatic heterocycles. The Balaban J connectivity index is 2.49. The summed E-state index contributed by atoms with van der Waals surface area (Å²) < 4.78 is 0.278.